The number of nitrogens with one attached hydrogen (secondary N) is 1. The number of halogens is 3. The third kappa shape index (κ3) is 3.79. The zero-order valence-corrected chi connectivity index (χ0v) is 18.4. The van der Waals surface area contributed by atoms with Gasteiger partial charge in [-0.05, 0) is 42.0 Å². The summed E-state index contributed by atoms with van der Waals surface area (Å²) in [6.07, 6.45) is 0. The molecule has 1 aliphatic rings. The first-order valence-electron chi connectivity index (χ1n) is 10.6. The van der Waals surface area contributed by atoms with Gasteiger partial charge < -0.3 is 10.2 Å². The number of aromatic nitrogens is 2. The van der Waals surface area contributed by atoms with Gasteiger partial charge in [-0.25, -0.2) is 17.9 Å². The topological polar surface area (TPSA) is 62.5 Å². The second-order valence-electron chi connectivity index (χ2n) is 8.13. The highest BCUT2D eigenvalue weighted by atomic mass is 19.1. The molecule has 1 amide bonds. The van der Waals surface area contributed by atoms with Crippen LogP contribution in [0.25, 0.3) is 16.5 Å². The van der Waals surface area contributed by atoms with Crippen molar-refractivity contribution in [3.8, 4) is 5.69 Å². The van der Waals surface area contributed by atoms with E-state index >= 15 is 0 Å². The van der Waals surface area contributed by atoms with Crippen molar-refractivity contribution < 1.29 is 18.0 Å². The van der Waals surface area contributed by atoms with Crippen LogP contribution in [0.3, 0.4) is 0 Å². The second-order valence-corrected chi connectivity index (χ2v) is 8.13. The van der Waals surface area contributed by atoms with Crippen molar-refractivity contribution in [1.82, 2.24) is 14.7 Å². The molecule has 4 aromatic rings. The summed E-state index contributed by atoms with van der Waals surface area (Å²) in [6.45, 7) is 2.77. The maximum Gasteiger partial charge on any atom is 0.274 e. The number of aryl methyl sites for hydroxylation is 1. The molecular weight excluding hydrogens is 443 g/mol. The molecule has 0 atom stereocenters. The quantitative estimate of drug-likeness (QED) is 0.478. The van der Waals surface area contributed by atoms with E-state index in [0.29, 0.717) is 30.0 Å². The van der Waals surface area contributed by atoms with Crippen molar-refractivity contribution >= 4 is 28.2 Å². The molecule has 6 nitrogen and oxygen atoms in total. The lowest BCUT2D eigenvalue weighted by molar-refractivity contribution is 0.101. The Morgan fingerprint density at radius 2 is 1.71 bits per heavy atom. The average Bonchev–Trinajstić information content (AvgIpc) is 3.41. The Labute approximate surface area is 193 Å². The van der Waals surface area contributed by atoms with Crippen LogP contribution in [0.2, 0.25) is 0 Å². The molecule has 0 saturated carbocycles. The van der Waals surface area contributed by atoms with E-state index in [2.05, 4.69) is 15.4 Å². The third-order valence-corrected chi connectivity index (χ3v) is 5.71. The lowest BCUT2D eigenvalue weighted by Crippen LogP contribution is -2.25. The van der Waals surface area contributed by atoms with Crippen LogP contribution in [0.5, 0.6) is 0 Å². The summed E-state index contributed by atoms with van der Waals surface area (Å²) in [6, 6.07) is 13.5. The van der Waals surface area contributed by atoms with E-state index in [1.165, 1.54) is 12.1 Å². The van der Waals surface area contributed by atoms with Gasteiger partial charge >= 0.3 is 0 Å². The molecule has 0 bridgehead atoms. The number of amides is 1. The molecule has 1 aromatic heterocycles. The maximum absolute atomic E-state index is 14.9. The minimum absolute atomic E-state index is 0.0181. The van der Waals surface area contributed by atoms with Crippen molar-refractivity contribution in [2.75, 3.05) is 25.5 Å². The van der Waals surface area contributed by atoms with Crippen LogP contribution >= 0.6 is 0 Å². The molecule has 0 saturated heterocycles. The van der Waals surface area contributed by atoms with Crippen LogP contribution in [-0.4, -0.2) is 46.6 Å². The van der Waals surface area contributed by atoms with Crippen molar-refractivity contribution in [1.29, 1.82) is 0 Å². The first kappa shape index (κ1) is 21.7. The van der Waals surface area contributed by atoms with Crippen LogP contribution in [0.4, 0.5) is 18.9 Å². The van der Waals surface area contributed by atoms with Gasteiger partial charge in [-0.15, -0.1) is 0 Å². The summed E-state index contributed by atoms with van der Waals surface area (Å²) in [5, 5.41) is 8.11. The van der Waals surface area contributed by atoms with Gasteiger partial charge in [0.2, 0.25) is 0 Å². The van der Waals surface area contributed by atoms with Crippen LogP contribution in [0, 0.1) is 24.4 Å². The molecule has 0 fully saturated rings. The highest BCUT2D eigenvalue weighted by Crippen LogP contribution is 2.26. The molecule has 0 unspecified atom stereocenters. The highest BCUT2D eigenvalue weighted by Gasteiger charge is 2.23. The SMILES string of the molecule is Cc1cc(C(=O)Nc2cc(F)c(C3=NCCN3C)cc2F)n(-c2cc3ccccc3cc2F)n1. The number of likely N-dealkylation sites (N-methyl/N-ethyl adjacent to an activating group) is 1. The summed E-state index contributed by atoms with van der Waals surface area (Å²) in [7, 11) is 1.74. The number of aliphatic imine (C=N–C) groups is 1. The van der Waals surface area contributed by atoms with E-state index in [9.17, 15) is 18.0 Å². The van der Waals surface area contributed by atoms with E-state index in [1.807, 2.05) is 12.1 Å². The minimum Gasteiger partial charge on any atom is -0.358 e. The van der Waals surface area contributed by atoms with Crippen LogP contribution in [0.1, 0.15) is 21.7 Å². The van der Waals surface area contributed by atoms with Crippen molar-refractivity contribution in [2.45, 2.75) is 6.92 Å². The highest BCUT2D eigenvalue weighted by molar-refractivity contribution is 6.04. The predicted molar refractivity (Wildman–Crippen MR) is 124 cm³/mol. The third-order valence-electron chi connectivity index (χ3n) is 5.71. The van der Waals surface area contributed by atoms with Crippen molar-refractivity contribution in [3.05, 3.63) is 89.0 Å². The van der Waals surface area contributed by atoms with E-state index in [4.69, 9.17) is 0 Å². The number of anilines is 1. The number of hydrogen-bond donors (Lipinski definition) is 1. The largest absolute Gasteiger partial charge is 0.358 e. The van der Waals surface area contributed by atoms with Gasteiger partial charge in [0.05, 0.1) is 23.5 Å². The molecular formula is C25H20F3N5O. The number of rotatable bonds is 4. The number of hydrogen-bond acceptors (Lipinski definition) is 4. The number of carbonyl (C=O) groups excluding carboxylic acids is 1. The Morgan fingerprint density at radius 1 is 0.971 bits per heavy atom. The fourth-order valence-corrected chi connectivity index (χ4v) is 4.03. The average molecular weight is 463 g/mol. The maximum atomic E-state index is 14.9. The zero-order chi connectivity index (χ0) is 24.0. The lowest BCUT2D eigenvalue weighted by atomic mass is 10.1. The van der Waals surface area contributed by atoms with E-state index in [-0.39, 0.29) is 22.6 Å². The number of amidine groups is 1. The van der Waals surface area contributed by atoms with Gasteiger partial charge in [0, 0.05) is 19.7 Å². The summed E-state index contributed by atoms with van der Waals surface area (Å²) in [4.78, 5) is 19.0. The molecule has 0 radical (unpaired) electrons. The van der Waals surface area contributed by atoms with Crippen LogP contribution < -0.4 is 5.32 Å². The van der Waals surface area contributed by atoms with Gasteiger partial charge in [-0.2, -0.15) is 5.10 Å². The van der Waals surface area contributed by atoms with Gasteiger partial charge in [0.1, 0.15) is 34.7 Å². The molecule has 2 heterocycles. The smallest absolute Gasteiger partial charge is 0.274 e. The number of benzene rings is 3. The Kier molecular flexibility index (Phi) is 5.31. The number of carbonyl (C=O) groups is 1. The first-order valence-corrected chi connectivity index (χ1v) is 10.6. The molecule has 1 N–H and O–H groups in total. The van der Waals surface area contributed by atoms with Crippen LogP contribution in [0.15, 0.2) is 59.6 Å². The molecule has 172 valence electrons. The van der Waals surface area contributed by atoms with Crippen molar-refractivity contribution in [2.24, 2.45) is 4.99 Å². The zero-order valence-electron chi connectivity index (χ0n) is 18.4. The second kappa shape index (κ2) is 8.33. The Balaban J connectivity index is 1.50. The van der Waals surface area contributed by atoms with Gasteiger partial charge in [0.25, 0.3) is 5.91 Å². The molecule has 0 spiro atoms. The van der Waals surface area contributed by atoms with E-state index in [0.717, 1.165) is 22.2 Å². The summed E-state index contributed by atoms with van der Waals surface area (Å²) < 4.78 is 45.7. The standard InChI is InChI=1S/C25H20F3N5O/c1-14-9-23(33(31-14)22-11-16-6-4-3-5-15(16)10-20(22)28)25(34)30-21-13-18(26)17(12-19(21)27)24-29-7-8-32(24)2/h3-6,9-13H,7-8H2,1-2H3,(H,30,34). The Hall–Kier alpha value is -4.14. The Bertz CT molecular complexity index is 1480. The van der Waals surface area contributed by atoms with Crippen molar-refractivity contribution in [3.63, 3.8) is 0 Å². The molecule has 3 aromatic carbocycles. The normalized spacial score (nSPS) is 13.4. The summed E-state index contributed by atoms with van der Waals surface area (Å²) in [5.74, 6) is -2.50. The molecule has 9 heteroatoms. The van der Waals surface area contributed by atoms with Gasteiger partial charge in [-0.1, -0.05) is 24.3 Å². The summed E-state index contributed by atoms with van der Waals surface area (Å²) >= 11 is 0. The fourth-order valence-electron chi connectivity index (χ4n) is 4.03. The van der Waals surface area contributed by atoms with Gasteiger partial charge in [-0.3, -0.25) is 9.79 Å². The van der Waals surface area contributed by atoms with E-state index in [1.54, 1.807) is 37.1 Å². The van der Waals surface area contributed by atoms with E-state index < -0.39 is 23.4 Å². The van der Waals surface area contributed by atoms with Gasteiger partial charge in [0.15, 0.2) is 0 Å². The predicted octanol–water partition coefficient (Wildman–Crippen LogP) is 4.70. The molecule has 34 heavy (non-hydrogen) atoms. The molecule has 1 aliphatic heterocycles. The number of nitrogens with zero attached hydrogens (tertiary/aromatic N) is 4. The monoisotopic (exact) mass is 463 g/mol. The molecule has 0 aliphatic carbocycles. The summed E-state index contributed by atoms with van der Waals surface area (Å²) in [5.41, 5.74) is 0.199. The number of fused-ring (bicyclic) bond motifs is 1. The minimum atomic E-state index is -0.813. The molecule has 5 rings (SSSR count). The first-order chi connectivity index (χ1) is 16.3. The Morgan fingerprint density at radius 3 is 2.41 bits per heavy atom. The fraction of sp³-hybridized carbons (Fsp3) is 0.160. The van der Waals surface area contributed by atoms with Crippen LogP contribution in [-0.2, 0) is 0 Å². The lowest BCUT2D eigenvalue weighted by Gasteiger charge is -2.16.